The largest absolute Gasteiger partial charge is 0.495 e. The van der Waals surface area contributed by atoms with Gasteiger partial charge in [-0.1, -0.05) is 36.6 Å². The smallest absolute Gasteiger partial charge is 0.251 e. The molecule has 0 aromatic heterocycles. The number of nitrogens with one attached hydrogen (secondary N) is 2. The maximum Gasteiger partial charge on any atom is 0.251 e. The number of halogens is 1. The van der Waals surface area contributed by atoms with Crippen molar-refractivity contribution < 1.29 is 17.9 Å². The molecule has 2 saturated carbocycles. The second-order valence-corrected chi connectivity index (χ2v) is 10.6. The number of methoxy groups -OCH3 is 1. The monoisotopic (exact) mass is 462 g/mol. The maximum atomic E-state index is 13.0. The summed E-state index contributed by atoms with van der Waals surface area (Å²) in [5.41, 5.74) is 1.33. The van der Waals surface area contributed by atoms with Crippen LogP contribution >= 0.6 is 11.6 Å². The fraction of sp³-hybridized carbons (Fsp3) is 0.435. The summed E-state index contributed by atoms with van der Waals surface area (Å²) < 4.78 is 33.3. The second-order valence-electron chi connectivity index (χ2n) is 8.44. The third kappa shape index (κ3) is 4.89. The Morgan fingerprint density at radius 2 is 1.81 bits per heavy atom. The highest BCUT2D eigenvalue weighted by Gasteiger charge is 2.36. The van der Waals surface area contributed by atoms with Crippen molar-refractivity contribution in [3.05, 3.63) is 58.6 Å². The van der Waals surface area contributed by atoms with Crippen LogP contribution < -0.4 is 14.8 Å². The van der Waals surface area contributed by atoms with E-state index in [2.05, 4.69) is 10.0 Å². The molecule has 8 heteroatoms. The molecule has 4 rings (SSSR count). The molecule has 2 fully saturated rings. The zero-order valence-electron chi connectivity index (χ0n) is 17.5. The number of carbonyl (C=O) groups is 1. The average Bonchev–Trinajstić information content (AvgIpc) is 3.43. The number of ether oxygens (including phenoxy) is 1. The van der Waals surface area contributed by atoms with E-state index in [-0.39, 0.29) is 28.0 Å². The van der Waals surface area contributed by atoms with Crippen LogP contribution in [0.5, 0.6) is 5.75 Å². The first-order valence-corrected chi connectivity index (χ1v) is 12.4. The Labute approximate surface area is 188 Å². The molecule has 2 N–H and O–H groups in total. The van der Waals surface area contributed by atoms with Gasteiger partial charge in [-0.25, -0.2) is 13.1 Å². The summed E-state index contributed by atoms with van der Waals surface area (Å²) in [5.74, 6) is -0.0797. The number of benzene rings is 2. The molecule has 0 aliphatic heterocycles. The first-order chi connectivity index (χ1) is 14.8. The van der Waals surface area contributed by atoms with Gasteiger partial charge in [0.1, 0.15) is 10.6 Å². The molecular formula is C23H27ClN2O4S. The van der Waals surface area contributed by atoms with Crippen LogP contribution in [0.4, 0.5) is 0 Å². The van der Waals surface area contributed by atoms with Crippen LogP contribution in [0.25, 0.3) is 0 Å². The normalized spacial score (nSPS) is 18.0. The first-order valence-electron chi connectivity index (χ1n) is 10.6. The van der Waals surface area contributed by atoms with Gasteiger partial charge >= 0.3 is 0 Å². The number of carbonyl (C=O) groups excluding carboxylic acids is 1. The summed E-state index contributed by atoms with van der Waals surface area (Å²) in [6.45, 7) is 0.488. The van der Waals surface area contributed by atoms with Crippen LogP contribution in [0.2, 0.25) is 5.02 Å². The predicted octanol–water partition coefficient (Wildman–Crippen LogP) is 4.03. The molecule has 6 nitrogen and oxygen atoms in total. The van der Waals surface area contributed by atoms with E-state index < -0.39 is 10.0 Å². The molecule has 166 valence electrons. The average molecular weight is 463 g/mol. The molecule has 0 bridgehead atoms. The van der Waals surface area contributed by atoms with Crippen molar-refractivity contribution in [2.24, 2.45) is 0 Å². The third-order valence-corrected chi connectivity index (χ3v) is 8.01. The summed E-state index contributed by atoms with van der Waals surface area (Å²) in [5, 5.41) is 3.72. The van der Waals surface area contributed by atoms with Crippen LogP contribution in [0.15, 0.2) is 47.4 Å². The lowest BCUT2D eigenvalue weighted by Gasteiger charge is -2.30. The van der Waals surface area contributed by atoms with Crippen molar-refractivity contribution in [3.8, 4) is 5.75 Å². The highest BCUT2D eigenvalue weighted by Crippen LogP contribution is 2.41. The number of hydrogen-bond donors (Lipinski definition) is 2. The van der Waals surface area contributed by atoms with E-state index in [1.54, 1.807) is 6.07 Å². The fourth-order valence-corrected chi connectivity index (χ4v) is 5.91. The van der Waals surface area contributed by atoms with E-state index in [0.29, 0.717) is 17.1 Å². The van der Waals surface area contributed by atoms with Gasteiger partial charge in [0.05, 0.1) is 7.11 Å². The summed E-state index contributed by atoms with van der Waals surface area (Å²) in [7, 11) is -2.34. The zero-order chi connectivity index (χ0) is 22.1. The topological polar surface area (TPSA) is 84.5 Å². The Hall–Kier alpha value is -2.09. The summed E-state index contributed by atoms with van der Waals surface area (Å²) in [6, 6.07) is 12.3. The summed E-state index contributed by atoms with van der Waals surface area (Å²) >= 11 is 6.05. The molecule has 0 radical (unpaired) electrons. The molecule has 0 spiro atoms. The minimum atomic E-state index is -3.75. The van der Waals surface area contributed by atoms with E-state index >= 15 is 0 Å². The van der Waals surface area contributed by atoms with Gasteiger partial charge in [0, 0.05) is 28.6 Å². The maximum absolute atomic E-state index is 13.0. The van der Waals surface area contributed by atoms with Crippen LogP contribution in [0.3, 0.4) is 0 Å². The molecule has 0 unspecified atom stereocenters. The number of sulfonamides is 1. The van der Waals surface area contributed by atoms with Gasteiger partial charge in [0.2, 0.25) is 10.0 Å². The van der Waals surface area contributed by atoms with Gasteiger partial charge in [-0.2, -0.15) is 0 Å². The quantitative estimate of drug-likeness (QED) is 0.620. The molecule has 2 aromatic rings. The lowest BCUT2D eigenvalue weighted by Crippen LogP contribution is -2.39. The Kier molecular flexibility index (Phi) is 6.28. The lowest BCUT2D eigenvalue weighted by atomic mass is 9.79. The van der Waals surface area contributed by atoms with Gasteiger partial charge in [-0.3, -0.25) is 4.79 Å². The highest BCUT2D eigenvalue weighted by molar-refractivity contribution is 7.89. The van der Waals surface area contributed by atoms with Crippen LogP contribution in [-0.2, 0) is 15.4 Å². The van der Waals surface area contributed by atoms with E-state index in [0.717, 1.165) is 38.5 Å². The van der Waals surface area contributed by atoms with Gasteiger partial charge < -0.3 is 10.1 Å². The van der Waals surface area contributed by atoms with Crippen molar-refractivity contribution in [3.63, 3.8) is 0 Å². The second kappa shape index (κ2) is 8.81. The minimum absolute atomic E-state index is 0.0113. The minimum Gasteiger partial charge on any atom is -0.495 e. The molecule has 0 atom stereocenters. The standard InChI is InChI=1S/C23H27ClN2O4S/c1-30-20-11-4-16(14-21(20)31(28,29)26-19-9-10-19)22(27)25-15-23(12-2-3-13-23)17-5-7-18(24)8-6-17/h4-8,11,14,19,26H,2-3,9-10,12-13,15H2,1H3,(H,25,27). The SMILES string of the molecule is COc1ccc(C(=O)NCC2(c3ccc(Cl)cc3)CCCC2)cc1S(=O)(=O)NC1CC1. The highest BCUT2D eigenvalue weighted by atomic mass is 35.5. The molecule has 2 aliphatic carbocycles. The molecule has 31 heavy (non-hydrogen) atoms. The molecule has 1 amide bonds. The van der Waals surface area contributed by atoms with E-state index in [4.69, 9.17) is 16.3 Å². The first kappa shape index (κ1) is 22.1. The van der Waals surface area contributed by atoms with Crippen LogP contribution in [-0.4, -0.2) is 34.0 Å². The lowest BCUT2D eigenvalue weighted by molar-refractivity contribution is 0.0943. The van der Waals surface area contributed by atoms with Crippen LogP contribution in [0.1, 0.15) is 54.4 Å². The van der Waals surface area contributed by atoms with E-state index in [9.17, 15) is 13.2 Å². The Morgan fingerprint density at radius 1 is 1.13 bits per heavy atom. The van der Waals surface area contributed by atoms with Crippen molar-refractivity contribution in [2.75, 3.05) is 13.7 Å². The molecule has 0 saturated heterocycles. The number of amides is 1. The third-order valence-electron chi connectivity index (χ3n) is 6.22. The van der Waals surface area contributed by atoms with Crippen LogP contribution in [0, 0.1) is 0 Å². The van der Waals surface area contributed by atoms with Gasteiger partial charge in [0.25, 0.3) is 5.91 Å². The Balaban J connectivity index is 1.54. The predicted molar refractivity (Wildman–Crippen MR) is 120 cm³/mol. The molecule has 2 aromatic carbocycles. The van der Waals surface area contributed by atoms with Gasteiger partial charge in [0.15, 0.2) is 0 Å². The van der Waals surface area contributed by atoms with Crippen molar-refractivity contribution >= 4 is 27.5 Å². The molecule has 2 aliphatic rings. The van der Waals surface area contributed by atoms with Gasteiger partial charge in [-0.15, -0.1) is 0 Å². The van der Waals surface area contributed by atoms with E-state index in [1.807, 2.05) is 24.3 Å². The zero-order valence-corrected chi connectivity index (χ0v) is 19.1. The molecular weight excluding hydrogens is 436 g/mol. The van der Waals surface area contributed by atoms with Gasteiger partial charge in [-0.05, 0) is 61.6 Å². The fourth-order valence-electron chi connectivity index (χ4n) is 4.29. The summed E-state index contributed by atoms with van der Waals surface area (Å²) in [6.07, 6.45) is 5.85. The Bertz CT molecular complexity index is 1060. The summed E-state index contributed by atoms with van der Waals surface area (Å²) in [4.78, 5) is 12.9. The van der Waals surface area contributed by atoms with Crippen molar-refractivity contribution in [1.29, 1.82) is 0 Å². The number of hydrogen-bond acceptors (Lipinski definition) is 4. The van der Waals surface area contributed by atoms with E-state index in [1.165, 1.54) is 24.8 Å². The van der Waals surface area contributed by atoms with Crippen molar-refractivity contribution in [1.82, 2.24) is 10.0 Å². The van der Waals surface area contributed by atoms with Crippen molar-refractivity contribution in [2.45, 2.75) is 54.9 Å². The Morgan fingerprint density at radius 3 is 2.42 bits per heavy atom. The number of rotatable bonds is 8. The molecule has 0 heterocycles.